The topological polar surface area (TPSA) is 42.0 Å². The minimum absolute atomic E-state index is 0.143. The number of carbonyl (C=O) groups excluding carboxylic acids is 1. The summed E-state index contributed by atoms with van der Waals surface area (Å²) in [7, 11) is 0. The molecule has 3 aromatic rings. The van der Waals surface area contributed by atoms with Gasteiger partial charge in [0.25, 0.3) is 5.91 Å². The smallest absolute Gasteiger partial charge is 0.256 e. The van der Waals surface area contributed by atoms with Crippen molar-refractivity contribution in [2.45, 2.75) is 27.7 Å². The van der Waals surface area contributed by atoms with E-state index in [2.05, 4.69) is 10.3 Å². The van der Waals surface area contributed by atoms with Gasteiger partial charge in [0.05, 0.1) is 11.1 Å². The van der Waals surface area contributed by atoms with E-state index < -0.39 is 0 Å². The van der Waals surface area contributed by atoms with Crippen molar-refractivity contribution in [3.63, 3.8) is 0 Å². The summed E-state index contributed by atoms with van der Waals surface area (Å²) in [4.78, 5) is 17.3. The molecule has 122 valence electrons. The molecule has 0 bridgehead atoms. The molecule has 1 aromatic heterocycles. The first-order valence-electron chi connectivity index (χ1n) is 7.82. The van der Waals surface area contributed by atoms with Crippen LogP contribution < -0.4 is 5.32 Å². The highest BCUT2D eigenvalue weighted by molar-refractivity contribution is 6.32. The first-order valence-corrected chi connectivity index (χ1v) is 8.19. The molecule has 0 atom stereocenters. The monoisotopic (exact) mass is 338 g/mol. The quantitative estimate of drug-likeness (QED) is 0.682. The third-order valence-electron chi connectivity index (χ3n) is 4.31. The predicted octanol–water partition coefficient (Wildman–Crippen LogP) is 5.37. The van der Waals surface area contributed by atoms with E-state index in [4.69, 9.17) is 11.6 Å². The Morgan fingerprint density at radius 2 is 1.75 bits per heavy atom. The van der Waals surface area contributed by atoms with E-state index in [1.54, 1.807) is 0 Å². The lowest BCUT2D eigenvalue weighted by Gasteiger charge is -2.12. The normalized spacial score (nSPS) is 10.9. The van der Waals surface area contributed by atoms with Gasteiger partial charge in [0.1, 0.15) is 0 Å². The Hall–Kier alpha value is -2.39. The van der Waals surface area contributed by atoms with Gasteiger partial charge >= 0.3 is 0 Å². The number of nitrogens with one attached hydrogen (secondary N) is 1. The van der Waals surface area contributed by atoms with Crippen molar-refractivity contribution in [2.24, 2.45) is 0 Å². The Balaban J connectivity index is 2.06. The van der Waals surface area contributed by atoms with Crippen LogP contribution in [0.2, 0.25) is 5.02 Å². The molecule has 2 aromatic carbocycles. The van der Waals surface area contributed by atoms with Crippen LogP contribution in [0.25, 0.3) is 10.9 Å². The number of hydrogen-bond acceptors (Lipinski definition) is 2. The van der Waals surface area contributed by atoms with E-state index >= 15 is 0 Å². The number of pyridine rings is 1. The van der Waals surface area contributed by atoms with E-state index in [0.717, 1.165) is 33.4 Å². The Bertz CT molecular complexity index is 964. The van der Waals surface area contributed by atoms with Crippen molar-refractivity contribution in [3.05, 3.63) is 69.4 Å². The summed E-state index contributed by atoms with van der Waals surface area (Å²) in [5.74, 6) is -0.143. The molecule has 1 heterocycles. The Morgan fingerprint density at radius 3 is 2.46 bits per heavy atom. The lowest BCUT2D eigenvalue weighted by atomic mass is 10.0. The molecule has 0 radical (unpaired) electrons. The molecule has 1 N–H and O–H groups in total. The first kappa shape index (κ1) is 16.5. The third kappa shape index (κ3) is 3.00. The maximum absolute atomic E-state index is 12.8. The lowest BCUT2D eigenvalue weighted by molar-refractivity contribution is 0.102. The number of hydrogen-bond donors (Lipinski definition) is 1. The SMILES string of the molecule is Cc1cc(C(=O)Nc2ccc(C)c(C)c2)c2ccc(Cl)c(C)c2n1. The summed E-state index contributed by atoms with van der Waals surface area (Å²) in [6.07, 6.45) is 0. The number of anilines is 1. The van der Waals surface area contributed by atoms with Gasteiger partial charge in [-0.3, -0.25) is 9.78 Å². The van der Waals surface area contributed by atoms with Crippen LogP contribution in [-0.2, 0) is 0 Å². The lowest BCUT2D eigenvalue weighted by Crippen LogP contribution is -2.13. The zero-order valence-corrected chi connectivity index (χ0v) is 15.0. The molecule has 1 amide bonds. The molecule has 0 aliphatic carbocycles. The average Bonchev–Trinajstić information content (AvgIpc) is 2.54. The van der Waals surface area contributed by atoms with E-state index in [-0.39, 0.29) is 5.91 Å². The van der Waals surface area contributed by atoms with E-state index in [0.29, 0.717) is 10.6 Å². The van der Waals surface area contributed by atoms with Crippen LogP contribution in [0, 0.1) is 27.7 Å². The number of rotatable bonds is 2. The molecule has 4 heteroatoms. The molecule has 24 heavy (non-hydrogen) atoms. The fourth-order valence-electron chi connectivity index (χ4n) is 2.74. The molecular formula is C20H19ClN2O. The van der Waals surface area contributed by atoms with Gasteiger partial charge in [-0.05, 0) is 68.7 Å². The highest BCUT2D eigenvalue weighted by Gasteiger charge is 2.15. The zero-order chi connectivity index (χ0) is 17.4. The molecule has 0 fully saturated rings. The highest BCUT2D eigenvalue weighted by Crippen LogP contribution is 2.27. The highest BCUT2D eigenvalue weighted by atomic mass is 35.5. The molecule has 3 nitrogen and oxygen atoms in total. The van der Waals surface area contributed by atoms with Crippen molar-refractivity contribution in [1.29, 1.82) is 0 Å². The standard InChI is InChI=1S/C20H19ClN2O/c1-11-5-6-15(9-12(11)2)23-20(24)17-10-13(3)22-19-14(4)18(21)8-7-16(17)19/h5-10H,1-4H3,(H,23,24). The number of fused-ring (bicyclic) bond motifs is 1. The second-order valence-corrected chi connectivity index (χ2v) is 6.54. The number of aromatic nitrogens is 1. The van der Waals surface area contributed by atoms with Crippen LogP contribution in [0.15, 0.2) is 36.4 Å². The van der Waals surface area contributed by atoms with Crippen molar-refractivity contribution < 1.29 is 4.79 Å². The van der Waals surface area contributed by atoms with E-state index in [9.17, 15) is 4.79 Å². The molecule has 0 unspecified atom stereocenters. The summed E-state index contributed by atoms with van der Waals surface area (Å²) in [6, 6.07) is 11.4. The van der Waals surface area contributed by atoms with E-state index in [1.165, 1.54) is 5.56 Å². The predicted molar refractivity (Wildman–Crippen MR) is 100 cm³/mol. The van der Waals surface area contributed by atoms with Crippen LogP contribution in [0.1, 0.15) is 32.7 Å². The van der Waals surface area contributed by atoms with Crippen molar-refractivity contribution in [3.8, 4) is 0 Å². The van der Waals surface area contributed by atoms with Crippen molar-refractivity contribution in [2.75, 3.05) is 5.32 Å². The largest absolute Gasteiger partial charge is 0.322 e. The van der Waals surface area contributed by atoms with Crippen LogP contribution in [0.3, 0.4) is 0 Å². The minimum atomic E-state index is -0.143. The number of amides is 1. The number of carbonyl (C=O) groups is 1. The van der Waals surface area contributed by atoms with Gasteiger partial charge in [0.2, 0.25) is 0 Å². The second-order valence-electron chi connectivity index (χ2n) is 6.13. The molecule has 3 rings (SSSR count). The van der Waals surface area contributed by atoms with Crippen molar-refractivity contribution >= 4 is 34.1 Å². The minimum Gasteiger partial charge on any atom is -0.322 e. The van der Waals surface area contributed by atoms with Crippen molar-refractivity contribution in [1.82, 2.24) is 4.98 Å². The Labute approximate surface area is 146 Å². The van der Waals surface area contributed by atoms with E-state index in [1.807, 2.05) is 64.1 Å². The number of benzene rings is 2. The van der Waals surface area contributed by atoms with Gasteiger partial charge in [0, 0.05) is 21.8 Å². The Morgan fingerprint density at radius 1 is 1.00 bits per heavy atom. The second kappa shape index (κ2) is 6.25. The van der Waals surface area contributed by atoms with Gasteiger partial charge < -0.3 is 5.32 Å². The number of halogens is 1. The summed E-state index contributed by atoms with van der Waals surface area (Å²) in [6.45, 7) is 7.88. The summed E-state index contributed by atoms with van der Waals surface area (Å²) in [5.41, 5.74) is 6.19. The van der Waals surface area contributed by atoms with Gasteiger partial charge in [-0.25, -0.2) is 0 Å². The molecule has 0 saturated carbocycles. The van der Waals surface area contributed by atoms with Gasteiger partial charge in [-0.1, -0.05) is 23.7 Å². The summed E-state index contributed by atoms with van der Waals surface area (Å²) in [5, 5.41) is 4.44. The van der Waals surface area contributed by atoms with Gasteiger partial charge in [0.15, 0.2) is 0 Å². The summed E-state index contributed by atoms with van der Waals surface area (Å²) < 4.78 is 0. The number of nitrogens with zero attached hydrogens (tertiary/aromatic N) is 1. The first-order chi connectivity index (χ1) is 11.4. The third-order valence-corrected chi connectivity index (χ3v) is 4.72. The molecule has 0 aliphatic heterocycles. The van der Waals surface area contributed by atoms with Crippen LogP contribution in [-0.4, -0.2) is 10.9 Å². The molecule has 0 saturated heterocycles. The van der Waals surface area contributed by atoms with Crippen LogP contribution in [0.5, 0.6) is 0 Å². The maximum atomic E-state index is 12.8. The van der Waals surface area contributed by atoms with Crippen LogP contribution in [0.4, 0.5) is 5.69 Å². The zero-order valence-electron chi connectivity index (χ0n) is 14.2. The fraction of sp³-hybridized carbons (Fsp3) is 0.200. The average molecular weight is 339 g/mol. The Kier molecular flexibility index (Phi) is 4.29. The molecule has 0 spiro atoms. The molecule has 0 aliphatic rings. The maximum Gasteiger partial charge on any atom is 0.256 e. The summed E-state index contributed by atoms with van der Waals surface area (Å²) >= 11 is 6.19. The van der Waals surface area contributed by atoms with Gasteiger partial charge in [-0.2, -0.15) is 0 Å². The fourth-order valence-corrected chi connectivity index (χ4v) is 2.89. The van der Waals surface area contributed by atoms with Crippen LogP contribution >= 0.6 is 11.6 Å². The number of aryl methyl sites for hydroxylation is 4. The van der Waals surface area contributed by atoms with Gasteiger partial charge in [-0.15, -0.1) is 0 Å². The molecular weight excluding hydrogens is 320 g/mol.